The fraction of sp³-hybridized carbons (Fsp3) is 0.583. The first-order chi connectivity index (χ1) is 8.35. The van der Waals surface area contributed by atoms with Crippen LogP contribution in [0.3, 0.4) is 0 Å². The monoisotopic (exact) mass is 284 g/mol. The molecular weight excluding hydrogens is 268 g/mol. The van der Waals surface area contributed by atoms with Crippen molar-refractivity contribution in [2.24, 2.45) is 5.41 Å². The maximum atomic E-state index is 12.4. The molecule has 1 aromatic heterocycles. The van der Waals surface area contributed by atoms with Gasteiger partial charge in [0.1, 0.15) is 15.2 Å². The first kappa shape index (κ1) is 13.5. The average Bonchev–Trinajstić information content (AvgIpc) is 2.77. The van der Waals surface area contributed by atoms with Crippen molar-refractivity contribution in [2.45, 2.75) is 30.9 Å². The van der Waals surface area contributed by atoms with Gasteiger partial charge in [0, 0.05) is 13.1 Å². The van der Waals surface area contributed by atoms with E-state index in [1.165, 1.54) is 10.4 Å². The molecule has 1 fully saturated rings. The van der Waals surface area contributed by atoms with Gasteiger partial charge in [0.15, 0.2) is 0 Å². The summed E-state index contributed by atoms with van der Waals surface area (Å²) < 4.78 is 26.5. The first-order valence-electron chi connectivity index (χ1n) is 5.85. The molecule has 1 aliphatic rings. The molecule has 0 N–H and O–H groups in total. The molecule has 0 radical (unpaired) electrons. The Morgan fingerprint density at radius 2 is 1.94 bits per heavy atom. The molecule has 98 valence electrons. The predicted octanol–water partition coefficient (Wildman–Crippen LogP) is 2.43. The molecule has 1 aromatic rings. The average molecular weight is 284 g/mol. The minimum absolute atomic E-state index is 0.222. The number of nitriles is 1. The van der Waals surface area contributed by atoms with Crippen LogP contribution in [0, 0.1) is 16.7 Å². The number of nitrogens with zero attached hydrogens (tertiary/aromatic N) is 2. The zero-order valence-electron chi connectivity index (χ0n) is 10.5. The molecular formula is C12H16N2O2S2. The number of piperidine rings is 1. The molecule has 0 atom stereocenters. The molecule has 0 aliphatic carbocycles. The Labute approximate surface area is 112 Å². The molecule has 4 nitrogen and oxygen atoms in total. The maximum absolute atomic E-state index is 12.4. The lowest BCUT2D eigenvalue weighted by atomic mass is 9.83. The third-order valence-corrected chi connectivity index (χ3v) is 6.72. The van der Waals surface area contributed by atoms with Crippen LogP contribution < -0.4 is 0 Å². The molecule has 0 bridgehead atoms. The lowest BCUT2D eigenvalue weighted by molar-refractivity contribution is 0.196. The summed E-state index contributed by atoms with van der Waals surface area (Å²) in [4.78, 5) is 0.436. The summed E-state index contributed by atoms with van der Waals surface area (Å²) in [6, 6.07) is 5.06. The van der Waals surface area contributed by atoms with E-state index < -0.39 is 10.0 Å². The van der Waals surface area contributed by atoms with Gasteiger partial charge in [-0.25, -0.2) is 8.42 Å². The molecule has 1 aliphatic heterocycles. The maximum Gasteiger partial charge on any atom is 0.252 e. The van der Waals surface area contributed by atoms with Gasteiger partial charge in [-0.1, -0.05) is 13.8 Å². The van der Waals surface area contributed by atoms with Crippen molar-refractivity contribution in [1.29, 1.82) is 5.26 Å². The van der Waals surface area contributed by atoms with Gasteiger partial charge in [0.2, 0.25) is 0 Å². The van der Waals surface area contributed by atoms with E-state index in [1.807, 2.05) is 6.07 Å². The highest BCUT2D eigenvalue weighted by molar-refractivity contribution is 7.91. The highest BCUT2D eigenvalue weighted by Crippen LogP contribution is 2.33. The van der Waals surface area contributed by atoms with E-state index in [-0.39, 0.29) is 9.62 Å². The summed E-state index contributed by atoms with van der Waals surface area (Å²) in [7, 11) is -3.40. The second kappa shape index (κ2) is 4.65. The van der Waals surface area contributed by atoms with Crippen LogP contribution in [0.25, 0.3) is 0 Å². The summed E-state index contributed by atoms with van der Waals surface area (Å²) in [6.07, 6.45) is 1.76. The summed E-state index contributed by atoms with van der Waals surface area (Å²) >= 11 is 1.04. The van der Waals surface area contributed by atoms with E-state index in [2.05, 4.69) is 13.8 Å². The van der Waals surface area contributed by atoms with Crippen LogP contribution >= 0.6 is 11.3 Å². The summed E-state index contributed by atoms with van der Waals surface area (Å²) in [5.41, 5.74) is 0.222. The predicted molar refractivity (Wildman–Crippen MR) is 70.8 cm³/mol. The lowest BCUT2D eigenvalue weighted by Crippen LogP contribution is -2.40. The van der Waals surface area contributed by atoms with E-state index in [9.17, 15) is 8.42 Å². The molecule has 0 amide bonds. The Bertz CT molecular complexity index is 571. The minimum atomic E-state index is -3.40. The molecule has 1 saturated heterocycles. The first-order valence-corrected chi connectivity index (χ1v) is 8.11. The van der Waals surface area contributed by atoms with Crippen molar-refractivity contribution in [3.63, 3.8) is 0 Å². The van der Waals surface area contributed by atoms with Gasteiger partial charge in [-0.3, -0.25) is 0 Å². The molecule has 18 heavy (non-hydrogen) atoms. The van der Waals surface area contributed by atoms with E-state index in [0.29, 0.717) is 18.0 Å². The largest absolute Gasteiger partial charge is 0.252 e. The molecule has 0 saturated carbocycles. The Morgan fingerprint density at radius 3 is 2.44 bits per heavy atom. The quantitative estimate of drug-likeness (QED) is 0.838. The number of hydrogen-bond donors (Lipinski definition) is 0. The Hall–Kier alpha value is -0.900. The van der Waals surface area contributed by atoms with Gasteiger partial charge < -0.3 is 0 Å². The van der Waals surface area contributed by atoms with E-state index >= 15 is 0 Å². The van der Waals surface area contributed by atoms with Crippen molar-refractivity contribution in [1.82, 2.24) is 4.31 Å². The number of hydrogen-bond acceptors (Lipinski definition) is 4. The zero-order chi connectivity index (χ0) is 13.4. The number of thiophene rings is 1. The van der Waals surface area contributed by atoms with Gasteiger partial charge in [-0.2, -0.15) is 9.57 Å². The van der Waals surface area contributed by atoms with Crippen LogP contribution in [-0.2, 0) is 10.0 Å². The standard InChI is InChI=1S/C12H16N2O2S2/c1-12(2)5-7-14(8-6-12)18(15,16)11-4-3-10(9-13)17-11/h3-4H,5-8H2,1-2H3. The fourth-order valence-electron chi connectivity index (χ4n) is 1.98. The normalized spacial score (nSPS) is 20.5. The van der Waals surface area contributed by atoms with Crippen LogP contribution in [0.4, 0.5) is 0 Å². The third-order valence-electron chi connectivity index (χ3n) is 3.36. The Balaban J connectivity index is 2.20. The fourth-order valence-corrected chi connectivity index (χ4v) is 4.68. The van der Waals surface area contributed by atoms with E-state index in [1.54, 1.807) is 6.07 Å². The van der Waals surface area contributed by atoms with Gasteiger partial charge >= 0.3 is 0 Å². The second-order valence-corrected chi connectivity index (χ2v) is 8.55. The summed E-state index contributed by atoms with van der Waals surface area (Å²) in [5.74, 6) is 0. The second-order valence-electron chi connectivity index (χ2n) is 5.30. The summed E-state index contributed by atoms with van der Waals surface area (Å²) in [5, 5.41) is 8.75. The van der Waals surface area contributed by atoms with Crippen molar-refractivity contribution in [3.05, 3.63) is 17.0 Å². The minimum Gasteiger partial charge on any atom is -0.206 e. The molecule has 2 heterocycles. The van der Waals surface area contributed by atoms with Gasteiger partial charge in [-0.15, -0.1) is 11.3 Å². The SMILES string of the molecule is CC1(C)CCN(S(=O)(=O)c2ccc(C#N)s2)CC1. The van der Waals surface area contributed by atoms with Crippen molar-refractivity contribution >= 4 is 21.4 Å². The lowest BCUT2D eigenvalue weighted by Gasteiger charge is -2.35. The van der Waals surface area contributed by atoms with Crippen molar-refractivity contribution < 1.29 is 8.42 Å². The Kier molecular flexibility index (Phi) is 3.49. The third kappa shape index (κ3) is 2.58. The van der Waals surface area contributed by atoms with E-state index in [0.717, 1.165) is 24.2 Å². The van der Waals surface area contributed by atoms with Gasteiger partial charge in [0.25, 0.3) is 10.0 Å². The van der Waals surface area contributed by atoms with Crippen molar-refractivity contribution in [2.75, 3.05) is 13.1 Å². The highest BCUT2D eigenvalue weighted by Gasteiger charge is 2.33. The molecule has 2 rings (SSSR count). The van der Waals surface area contributed by atoms with Gasteiger partial charge in [-0.05, 0) is 30.4 Å². The van der Waals surface area contributed by atoms with Crippen LogP contribution in [0.1, 0.15) is 31.6 Å². The summed E-state index contributed by atoms with van der Waals surface area (Å²) in [6.45, 7) is 5.45. The zero-order valence-corrected chi connectivity index (χ0v) is 12.1. The van der Waals surface area contributed by atoms with Crippen LogP contribution in [-0.4, -0.2) is 25.8 Å². The van der Waals surface area contributed by atoms with Crippen molar-refractivity contribution in [3.8, 4) is 6.07 Å². The Morgan fingerprint density at radius 1 is 1.33 bits per heavy atom. The van der Waals surface area contributed by atoms with Crippen LogP contribution in [0.15, 0.2) is 16.3 Å². The van der Waals surface area contributed by atoms with E-state index in [4.69, 9.17) is 5.26 Å². The number of rotatable bonds is 2. The topological polar surface area (TPSA) is 61.2 Å². The molecule has 0 unspecified atom stereocenters. The molecule has 0 aromatic carbocycles. The van der Waals surface area contributed by atoms with Crippen LogP contribution in [0.2, 0.25) is 0 Å². The highest BCUT2D eigenvalue weighted by atomic mass is 32.2. The molecule has 6 heteroatoms. The smallest absolute Gasteiger partial charge is 0.206 e. The molecule has 0 spiro atoms. The number of sulfonamides is 1. The van der Waals surface area contributed by atoms with Gasteiger partial charge in [0.05, 0.1) is 0 Å². The van der Waals surface area contributed by atoms with Crippen LogP contribution in [0.5, 0.6) is 0 Å².